The summed E-state index contributed by atoms with van der Waals surface area (Å²) in [6.07, 6.45) is 0. The van der Waals surface area contributed by atoms with Crippen LogP contribution in [0.4, 0.5) is 5.69 Å². The van der Waals surface area contributed by atoms with E-state index < -0.39 is 11.9 Å². The second-order valence-corrected chi connectivity index (χ2v) is 6.41. The maximum atomic E-state index is 11.1. The van der Waals surface area contributed by atoms with Gasteiger partial charge in [-0.05, 0) is 48.5 Å². The highest BCUT2D eigenvalue weighted by Gasteiger charge is 2.07. The Bertz CT molecular complexity index is 1210. The number of benzene rings is 3. The lowest BCUT2D eigenvalue weighted by Gasteiger charge is -2.06. The van der Waals surface area contributed by atoms with E-state index in [4.69, 9.17) is 20.7 Å². The van der Waals surface area contributed by atoms with Gasteiger partial charge in [-0.2, -0.15) is 0 Å². The van der Waals surface area contributed by atoms with E-state index >= 15 is 0 Å². The van der Waals surface area contributed by atoms with Crippen molar-refractivity contribution in [1.82, 2.24) is 0 Å². The Morgan fingerprint density at radius 2 is 1.23 bits per heavy atom. The molecule has 0 heterocycles. The molecule has 0 aliphatic heterocycles. The number of hydrogen-bond acceptors (Lipinski definition) is 4. The zero-order chi connectivity index (χ0) is 22.4. The van der Waals surface area contributed by atoms with Crippen LogP contribution in [0.2, 0.25) is 0 Å². The average molecular weight is 411 g/mol. The van der Waals surface area contributed by atoms with Crippen LogP contribution in [-0.4, -0.2) is 29.3 Å². The van der Waals surface area contributed by atoms with Crippen molar-refractivity contribution in [2.45, 2.75) is 0 Å². The fraction of sp³-hybridized carbons (Fsp3) is 0.0400. The summed E-state index contributed by atoms with van der Waals surface area (Å²) in [7, 11) is 1.51. The predicted octanol–water partition coefficient (Wildman–Crippen LogP) is 3.47. The fourth-order valence-corrected chi connectivity index (χ4v) is 2.69. The van der Waals surface area contributed by atoms with Crippen molar-refractivity contribution in [3.8, 4) is 29.4 Å². The van der Waals surface area contributed by atoms with E-state index in [2.05, 4.69) is 23.7 Å². The van der Waals surface area contributed by atoms with Crippen LogP contribution in [0.25, 0.3) is 0 Å². The van der Waals surface area contributed by atoms with Crippen molar-refractivity contribution in [2.75, 3.05) is 12.8 Å². The summed E-state index contributed by atoms with van der Waals surface area (Å²) in [5, 5.41) is 18.2. The van der Waals surface area contributed by atoms with Gasteiger partial charge in [-0.1, -0.05) is 35.8 Å². The molecule has 3 rings (SSSR count). The van der Waals surface area contributed by atoms with Gasteiger partial charge in [0.2, 0.25) is 0 Å². The lowest BCUT2D eigenvalue weighted by Crippen LogP contribution is -1.98. The molecule has 0 saturated carbocycles. The van der Waals surface area contributed by atoms with Gasteiger partial charge in [-0.15, -0.1) is 0 Å². The van der Waals surface area contributed by atoms with Crippen molar-refractivity contribution >= 4 is 17.6 Å². The minimum atomic E-state index is -1.03. The first-order chi connectivity index (χ1) is 14.9. The molecule has 3 aromatic rings. The highest BCUT2D eigenvalue weighted by atomic mass is 16.5. The molecule has 0 saturated heterocycles. The molecule has 31 heavy (non-hydrogen) atoms. The lowest BCUT2D eigenvalue weighted by molar-refractivity contribution is 0.0686. The summed E-state index contributed by atoms with van der Waals surface area (Å²) < 4.78 is 5.31. The number of ether oxygens (including phenoxy) is 1. The molecule has 0 radical (unpaired) electrons. The molecule has 3 aromatic carbocycles. The van der Waals surface area contributed by atoms with Crippen LogP contribution in [0.5, 0.6) is 5.75 Å². The third-order valence-electron chi connectivity index (χ3n) is 4.29. The molecule has 0 aromatic heterocycles. The number of methoxy groups -OCH3 is 1. The third-order valence-corrected chi connectivity index (χ3v) is 4.29. The third kappa shape index (κ3) is 5.23. The maximum absolute atomic E-state index is 11.1. The number of rotatable bonds is 3. The molecule has 6 nitrogen and oxygen atoms in total. The molecule has 0 spiro atoms. The van der Waals surface area contributed by atoms with E-state index in [-0.39, 0.29) is 11.1 Å². The van der Waals surface area contributed by atoms with E-state index in [1.165, 1.54) is 31.4 Å². The minimum Gasteiger partial charge on any atom is -0.497 e. The quantitative estimate of drug-likeness (QED) is 0.450. The van der Waals surface area contributed by atoms with Crippen LogP contribution in [-0.2, 0) is 0 Å². The van der Waals surface area contributed by atoms with Gasteiger partial charge in [0.25, 0.3) is 0 Å². The zero-order valence-electron chi connectivity index (χ0n) is 16.5. The molecule has 0 aliphatic carbocycles. The van der Waals surface area contributed by atoms with Crippen LogP contribution in [0.15, 0.2) is 60.7 Å². The Labute approximate surface area is 178 Å². The first kappa shape index (κ1) is 21.0. The highest BCUT2D eigenvalue weighted by molar-refractivity contribution is 5.88. The van der Waals surface area contributed by atoms with Crippen molar-refractivity contribution < 1.29 is 24.5 Å². The molecular weight excluding hydrogens is 394 g/mol. The first-order valence-corrected chi connectivity index (χ1v) is 9.05. The molecule has 0 aliphatic rings. The molecule has 6 heteroatoms. The van der Waals surface area contributed by atoms with Gasteiger partial charge in [0.15, 0.2) is 0 Å². The van der Waals surface area contributed by atoms with Crippen molar-refractivity contribution in [1.29, 1.82) is 0 Å². The van der Waals surface area contributed by atoms with Crippen molar-refractivity contribution in [3.05, 3.63) is 94.0 Å². The largest absolute Gasteiger partial charge is 0.497 e. The van der Waals surface area contributed by atoms with Crippen molar-refractivity contribution in [2.24, 2.45) is 0 Å². The Hall–Kier alpha value is -4.68. The van der Waals surface area contributed by atoms with Gasteiger partial charge in [-0.25, -0.2) is 9.59 Å². The molecule has 0 amide bonds. The number of aromatic carboxylic acids is 2. The van der Waals surface area contributed by atoms with E-state index in [1.807, 2.05) is 0 Å². The van der Waals surface area contributed by atoms with Crippen LogP contribution in [0.3, 0.4) is 0 Å². The molecule has 0 fully saturated rings. The number of nitrogen functional groups attached to an aromatic ring is 1. The summed E-state index contributed by atoms with van der Waals surface area (Å²) in [6.45, 7) is 0. The number of carbonyl (C=O) groups is 2. The second-order valence-electron chi connectivity index (χ2n) is 6.41. The Balaban J connectivity index is 2.00. The first-order valence-electron chi connectivity index (χ1n) is 9.05. The average Bonchev–Trinajstić information content (AvgIpc) is 2.77. The van der Waals surface area contributed by atoms with E-state index in [0.717, 1.165) is 0 Å². The SMILES string of the molecule is COc1cc(C#Cc2cccc(C(=O)O)c2)c(N)c(C#Cc2cccc(C(=O)O)c2)c1. The Morgan fingerprint density at radius 1 is 0.774 bits per heavy atom. The van der Waals surface area contributed by atoms with Gasteiger partial charge in [0.1, 0.15) is 5.75 Å². The topological polar surface area (TPSA) is 110 Å². The van der Waals surface area contributed by atoms with Gasteiger partial charge in [0.05, 0.1) is 35.1 Å². The van der Waals surface area contributed by atoms with Crippen LogP contribution < -0.4 is 10.5 Å². The summed E-state index contributed by atoms with van der Waals surface area (Å²) in [4.78, 5) is 22.2. The molecule has 152 valence electrons. The number of hydrogen-bond donors (Lipinski definition) is 3. The standard InChI is InChI=1S/C25H17NO5/c1-31-22-14-18(10-8-16-4-2-6-20(12-16)24(27)28)23(26)19(15-22)11-9-17-5-3-7-21(13-17)25(29)30/h2-7,12-15H,26H2,1H3,(H,27,28)(H,29,30). The monoisotopic (exact) mass is 411 g/mol. The Morgan fingerprint density at radius 3 is 1.61 bits per heavy atom. The predicted molar refractivity (Wildman–Crippen MR) is 116 cm³/mol. The van der Waals surface area contributed by atoms with E-state index in [9.17, 15) is 9.59 Å². The molecule has 0 bridgehead atoms. The molecule has 4 N–H and O–H groups in total. The van der Waals surface area contributed by atoms with Crippen LogP contribution in [0.1, 0.15) is 43.0 Å². The Kier molecular flexibility index (Phi) is 6.25. The lowest BCUT2D eigenvalue weighted by atomic mass is 10.0. The smallest absolute Gasteiger partial charge is 0.335 e. The second kappa shape index (κ2) is 9.21. The fourth-order valence-electron chi connectivity index (χ4n) is 2.69. The number of carboxylic acid groups (broad SMARTS) is 2. The van der Waals surface area contributed by atoms with E-state index in [1.54, 1.807) is 36.4 Å². The number of nitrogens with two attached hydrogens (primary N) is 1. The summed E-state index contributed by atoms with van der Waals surface area (Å²) in [6, 6.07) is 15.9. The van der Waals surface area contributed by atoms with E-state index in [0.29, 0.717) is 33.7 Å². The maximum Gasteiger partial charge on any atom is 0.335 e. The molecule has 0 atom stereocenters. The summed E-state index contributed by atoms with van der Waals surface area (Å²) in [5.41, 5.74) is 8.87. The molecular formula is C25H17NO5. The van der Waals surface area contributed by atoms with Crippen molar-refractivity contribution in [3.63, 3.8) is 0 Å². The van der Waals surface area contributed by atoms with Gasteiger partial charge in [0, 0.05) is 11.1 Å². The highest BCUT2D eigenvalue weighted by Crippen LogP contribution is 2.24. The van der Waals surface area contributed by atoms with Gasteiger partial charge >= 0.3 is 11.9 Å². The summed E-state index contributed by atoms with van der Waals surface area (Å²) >= 11 is 0. The normalized spacial score (nSPS) is 9.58. The van der Waals surface area contributed by atoms with Gasteiger partial charge < -0.3 is 20.7 Å². The molecule has 0 unspecified atom stereocenters. The van der Waals surface area contributed by atoms with Crippen LogP contribution >= 0.6 is 0 Å². The van der Waals surface area contributed by atoms with Gasteiger partial charge in [-0.3, -0.25) is 0 Å². The van der Waals surface area contributed by atoms with Crippen LogP contribution in [0, 0.1) is 23.7 Å². The minimum absolute atomic E-state index is 0.139. The zero-order valence-corrected chi connectivity index (χ0v) is 16.5. The number of anilines is 1. The number of carboxylic acids is 2. The summed E-state index contributed by atoms with van der Waals surface area (Å²) in [5.74, 6) is 10.1.